The molecule has 1 aliphatic carbocycles. The molecule has 0 atom stereocenters. The molecule has 0 unspecified atom stereocenters. The lowest BCUT2D eigenvalue weighted by molar-refractivity contribution is -0.124. The Labute approximate surface area is 89.7 Å². The van der Waals surface area contributed by atoms with Crippen molar-refractivity contribution in [3.05, 3.63) is 18.5 Å². The van der Waals surface area contributed by atoms with Crippen LogP contribution in [0, 0.1) is 5.92 Å². The highest BCUT2D eigenvalue weighted by Gasteiger charge is 2.21. The summed E-state index contributed by atoms with van der Waals surface area (Å²) in [6.07, 6.45) is 8.19. The number of carbonyl (C=O) groups excluding carboxylic acids is 1. The number of rotatable bonds is 4. The van der Waals surface area contributed by atoms with Gasteiger partial charge in [0.1, 0.15) is 0 Å². The average molecular weight is 207 g/mol. The second-order valence-corrected chi connectivity index (χ2v) is 4.04. The number of nitrogens with one attached hydrogen (secondary N) is 1. The fourth-order valence-electron chi connectivity index (χ4n) is 2.06. The van der Waals surface area contributed by atoms with Crippen LogP contribution in [0.3, 0.4) is 0 Å². The Bertz CT molecular complexity index is 302. The maximum absolute atomic E-state index is 11.6. The number of aromatic nitrogens is 2. The molecule has 1 aliphatic rings. The third-order valence-corrected chi connectivity index (χ3v) is 2.93. The van der Waals surface area contributed by atoms with Gasteiger partial charge in [-0.25, -0.2) is 0 Å². The maximum Gasteiger partial charge on any atom is 0.223 e. The van der Waals surface area contributed by atoms with Gasteiger partial charge in [0.05, 0.1) is 6.54 Å². The summed E-state index contributed by atoms with van der Waals surface area (Å²) in [7, 11) is 0. The molecule has 2 rings (SSSR count). The second-order valence-electron chi connectivity index (χ2n) is 4.04. The molecule has 1 aromatic rings. The van der Waals surface area contributed by atoms with E-state index in [0.29, 0.717) is 6.54 Å². The molecule has 1 fully saturated rings. The van der Waals surface area contributed by atoms with Crippen LogP contribution in [-0.4, -0.2) is 22.2 Å². The number of carbonyl (C=O) groups is 1. The van der Waals surface area contributed by atoms with Gasteiger partial charge in [-0.05, 0) is 18.9 Å². The second kappa shape index (κ2) is 4.96. The van der Waals surface area contributed by atoms with E-state index in [-0.39, 0.29) is 11.8 Å². The van der Waals surface area contributed by atoms with E-state index in [0.717, 1.165) is 19.4 Å². The summed E-state index contributed by atoms with van der Waals surface area (Å²) in [5, 5.41) is 7.04. The van der Waals surface area contributed by atoms with Gasteiger partial charge in [-0.3, -0.25) is 9.48 Å². The summed E-state index contributed by atoms with van der Waals surface area (Å²) < 4.78 is 1.83. The molecule has 0 spiro atoms. The Morgan fingerprint density at radius 1 is 1.47 bits per heavy atom. The van der Waals surface area contributed by atoms with E-state index in [4.69, 9.17) is 0 Å². The van der Waals surface area contributed by atoms with Gasteiger partial charge in [0.2, 0.25) is 5.91 Å². The van der Waals surface area contributed by atoms with Crippen LogP contribution in [0.25, 0.3) is 0 Å². The van der Waals surface area contributed by atoms with E-state index in [9.17, 15) is 4.79 Å². The molecular formula is C11H17N3O. The highest BCUT2D eigenvalue weighted by molar-refractivity contribution is 5.78. The standard InChI is InChI=1S/C11H17N3O/c15-11(10-4-1-2-5-10)12-7-9-14-8-3-6-13-14/h3,6,8,10H,1-2,4-5,7,9H2,(H,12,15). The molecule has 1 heterocycles. The summed E-state index contributed by atoms with van der Waals surface area (Å²) in [6, 6.07) is 1.89. The van der Waals surface area contributed by atoms with Gasteiger partial charge in [-0.1, -0.05) is 12.8 Å². The Kier molecular flexibility index (Phi) is 3.37. The number of nitrogens with zero attached hydrogens (tertiary/aromatic N) is 2. The first kappa shape index (κ1) is 10.2. The summed E-state index contributed by atoms with van der Waals surface area (Å²) in [5.41, 5.74) is 0. The van der Waals surface area contributed by atoms with Crippen molar-refractivity contribution in [2.45, 2.75) is 32.2 Å². The van der Waals surface area contributed by atoms with Crippen LogP contribution in [-0.2, 0) is 11.3 Å². The van der Waals surface area contributed by atoms with E-state index in [2.05, 4.69) is 10.4 Å². The lowest BCUT2D eigenvalue weighted by Crippen LogP contribution is -2.32. The predicted molar refractivity (Wildman–Crippen MR) is 57.2 cm³/mol. The van der Waals surface area contributed by atoms with Crippen LogP contribution in [0.5, 0.6) is 0 Å². The lowest BCUT2D eigenvalue weighted by Gasteiger charge is -2.09. The van der Waals surface area contributed by atoms with Gasteiger partial charge >= 0.3 is 0 Å². The molecule has 1 aromatic heterocycles. The van der Waals surface area contributed by atoms with Crippen LogP contribution >= 0.6 is 0 Å². The van der Waals surface area contributed by atoms with Crippen molar-refractivity contribution >= 4 is 5.91 Å². The van der Waals surface area contributed by atoms with E-state index < -0.39 is 0 Å². The number of amides is 1. The quantitative estimate of drug-likeness (QED) is 0.806. The Morgan fingerprint density at radius 3 is 2.93 bits per heavy atom. The van der Waals surface area contributed by atoms with Crippen molar-refractivity contribution in [1.82, 2.24) is 15.1 Å². The molecule has 1 saturated carbocycles. The van der Waals surface area contributed by atoms with Crippen LogP contribution in [0.1, 0.15) is 25.7 Å². The molecule has 82 valence electrons. The summed E-state index contributed by atoms with van der Waals surface area (Å²) in [4.78, 5) is 11.6. The van der Waals surface area contributed by atoms with Crippen LogP contribution in [0.15, 0.2) is 18.5 Å². The van der Waals surface area contributed by atoms with Crippen LogP contribution in [0.2, 0.25) is 0 Å². The largest absolute Gasteiger partial charge is 0.354 e. The molecule has 0 aromatic carbocycles. The van der Waals surface area contributed by atoms with E-state index in [1.807, 2.05) is 16.9 Å². The summed E-state index contributed by atoms with van der Waals surface area (Å²) in [6.45, 7) is 1.43. The van der Waals surface area contributed by atoms with Crippen molar-refractivity contribution in [1.29, 1.82) is 0 Å². The molecule has 1 N–H and O–H groups in total. The minimum Gasteiger partial charge on any atom is -0.354 e. The van der Waals surface area contributed by atoms with Crippen molar-refractivity contribution in [2.24, 2.45) is 5.92 Å². The fourth-order valence-corrected chi connectivity index (χ4v) is 2.06. The first-order valence-electron chi connectivity index (χ1n) is 5.61. The minimum absolute atomic E-state index is 0.222. The third kappa shape index (κ3) is 2.81. The highest BCUT2D eigenvalue weighted by atomic mass is 16.1. The number of hydrogen-bond donors (Lipinski definition) is 1. The van der Waals surface area contributed by atoms with Crippen molar-refractivity contribution in [3.8, 4) is 0 Å². The topological polar surface area (TPSA) is 46.9 Å². The predicted octanol–water partition coefficient (Wildman–Crippen LogP) is 1.19. The van der Waals surface area contributed by atoms with Crippen molar-refractivity contribution in [3.63, 3.8) is 0 Å². The molecule has 1 amide bonds. The van der Waals surface area contributed by atoms with E-state index >= 15 is 0 Å². The van der Waals surface area contributed by atoms with Crippen molar-refractivity contribution in [2.75, 3.05) is 6.54 Å². The molecule has 4 heteroatoms. The van der Waals surface area contributed by atoms with E-state index in [1.165, 1.54) is 12.8 Å². The minimum atomic E-state index is 0.222. The molecule has 0 saturated heterocycles. The van der Waals surface area contributed by atoms with Gasteiger partial charge < -0.3 is 5.32 Å². The lowest BCUT2D eigenvalue weighted by atomic mass is 10.1. The highest BCUT2D eigenvalue weighted by Crippen LogP contribution is 2.24. The third-order valence-electron chi connectivity index (χ3n) is 2.93. The van der Waals surface area contributed by atoms with Gasteiger partial charge in [-0.2, -0.15) is 5.10 Å². The zero-order valence-corrected chi connectivity index (χ0v) is 8.85. The zero-order valence-electron chi connectivity index (χ0n) is 8.85. The molecule has 0 aliphatic heterocycles. The van der Waals surface area contributed by atoms with Gasteiger partial charge in [0.25, 0.3) is 0 Å². The molecule has 0 radical (unpaired) electrons. The SMILES string of the molecule is O=C(NCCn1cccn1)C1CCCC1. The fraction of sp³-hybridized carbons (Fsp3) is 0.636. The summed E-state index contributed by atoms with van der Waals surface area (Å²) in [5.74, 6) is 0.488. The zero-order chi connectivity index (χ0) is 10.5. The van der Waals surface area contributed by atoms with Crippen molar-refractivity contribution < 1.29 is 4.79 Å². The summed E-state index contributed by atoms with van der Waals surface area (Å²) >= 11 is 0. The molecular weight excluding hydrogens is 190 g/mol. The Morgan fingerprint density at radius 2 is 2.27 bits per heavy atom. The first-order valence-corrected chi connectivity index (χ1v) is 5.61. The maximum atomic E-state index is 11.6. The Hall–Kier alpha value is -1.32. The normalized spacial score (nSPS) is 16.8. The van der Waals surface area contributed by atoms with Gasteiger partial charge in [0, 0.05) is 24.9 Å². The number of hydrogen-bond acceptors (Lipinski definition) is 2. The molecule has 0 bridgehead atoms. The van der Waals surface area contributed by atoms with E-state index in [1.54, 1.807) is 6.20 Å². The molecule has 15 heavy (non-hydrogen) atoms. The van der Waals surface area contributed by atoms with Crippen LogP contribution < -0.4 is 5.32 Å². The van der Waals surface area contributed by atoms with Crippen LogP contribution in [0.4, 0.5) is 0 Å². The smallest absolute Gasteiger partial charge is 0.223 e. The van der Waals surface area contributed by atoms with Gasteiger partial charge in [0.15, 0.2) is 0 Å². The Balaban J connectivity index is 1.67. The van der Waals surface area contributed by atoms with Gasteiger partial charge in [-0.15, -0.1) is 0 Å². The monoisotopic (exact) mass is 207 g/mol. The average Bonchev–Trinajstić information content (AvgIpc) is 2.90. The first-order chi connectivity index (χ1) is 7.36. The molecule has 4 nitrogen and oxygen atoms in total.